The van der Waals surface area contributed by atoms with Gasteiger partial charge in [-0.15, -0.1) is 0 Å². The maximum atomic E-state index is 12.5. The zero-order valence-corrected chi connectivity index (χ0v) is 13.7. The van der Waals surface area contributed by atoms with Gasteiger partial charge in [0.25, 0.3) is 0 Å². The number of nitrogens with zero attached hydrogens (tertiary/aromatic N) is 2. The van der Waals surface area contributed by atoms with Crippen molar-refractivity contribution in [3.8, 4) is 0 Å². The first-order chi connectivity index (χ1) is 11.7. The second-order valence-corrected chi connectivity index (χ2v) is 5.89. The number of carbonyl (C=O) groups is 2. The minimum Gasteiger partial charge on any atom is -0.450 e. The molecule has 6 heteroatoms. The smallest absolute Gasteiger partial charge is 0.409 e. The van der Waals surface area contributed by atoms with Crippen molar-refractivity contribution < 1.29 is 14.3 Å². The fourth-order valence-corrected chi connectivity index (χ4v) is 2.96. The van der Waals surface area contributed by atoms with E-state index in [0.717, 1.165) is 23.7 Å². The fourth-order valence-electron chi connectivity index (χ4n) is 2.96. The van der Waals surface area contributed by atoms with Gasteiger partial charge in [0, 0.05) is 18.5 Å². The zero-order valence-electron chi connectivity index (χ0n) is 13.7. The number of ether oxygens (including phenoxy) is 1. The van der Waals surface area contributed by atoms with E-state index in [1.165, 1.54) is 0 Å². The molecule has 1 N–H and O–H groups in total. The molecule has 2 amide bonds. The van der Waals surface area contributed by atoms with Gasteiger partial charge in [-0.25, -0.2) is 4.79 Å². The average molecular weight is 327 g/mol. The summed E-state index contributed by atoms with van der Waals surface area (Å²) in [5.41, 5.74) is 1.56. The van der Waals surface area contributed by atoms with Crippen LogP contribution in [0.15, 0.2) is 36.5 Å². The highest BCUT2D eigenvalue weighted by Gasteiger charge is 2.29. The highest BCUT2D eigenvalue weighted by molar-refractivity contribution is 5.94. The topological polar surface area (TPSA) is 71.5 Å². The molecule has 1 saturated heterocycles. The number of rotatable bonds is 3. The largest absolute Gasteiger partial charge is 0.450 e. The minimum absolute atomic E-state index is 0.0823. The van der Waals surface area contributed by atoms with Crippen molar-refractivity contribution in [2.24, 2.45) is 5.92 Å². The van der Waals surface area contributed by atoms with Crippen LogP contribution in [0.4, 0.5) is 10.5 Å². The number of hydrogen-bond acceptors (Lipinski definition) is 4. The zero-order chi connectivity index (χ0) is 16.9. The monoisotopic (exact) mass is 327 g/mol. The summed E-state index contributed by atoms with van der Waals surface area (Å²) in [6, 6.07) is 9.67. The first kappa shape index (κ1) is 16.2. The molecule has 1 atom stereocenters. The van der Waals surface area contributed by atoms with E-state index < -0.39 is 0 Å². The van der Waals surface area contributed by atoms with Crippen molar-refractivity contribution in [2.75, 3.05) is 25.0 Å². The molecule has 1 aromatic carbocycles. The Morgan fingerprint density at radius 2 is 2.21 bits per heavy atom. The molecule has 0 aliphatic carbocycles. The Hall–Kier alpha value is -2.63. The molecule has 2 aromatic rings. The molecule has 6 nitrogen and oxygen atoms in total. The van der Waals surface area contributed by atoms with Gasteiger partial charge in [-0.3, -0.25) is 9.78 Å². The van der Waals surface area contributed by atoms with Crippen LogP contribution in [0, 0.1) is 5.92 Å². The lowest BCUT2D eigenvalue weighted by molar-refractivity contribution is -0.121. The van der Waals surface area contributed by atoms with Crippen LogP contribution in [0.3, 0.4) is 0 Å². The molecule has 1 unspecified atom stereocenters. The third-order valence-corrected chi connectivity index (χ3v) is 4.18. The maximum Gasteiger partial charge on any atom is 0.409 e. The van der Waals surface area contributed by atoms with E-state index in [1.807, 2.05) is 30.3 Å². The standard InChI is InChI=1S/C18H21N3O3/c1-2-24-18(23)21-9-5-7-14(12-21)17(22)20-15-10-13-6-3-4-8-16(13)19-11-15/h3-4,6,8,10-11,14H,2,5,7,9,12H2,1H3,(H,20,22). The molecule has 0 saturated carbocycles. The van der Waals surface area contributed by atoms with Gasteiger partial charge in [0.1, 0.15) is 0 Å². The van der Waals surface area contributed by atoms with Crippen molar-refractivity contribution in [2.45, 2.75) is 19.8 Å². The van der Waals surface area contributed by atoms with E-state index in [1.54, 1.807) is 18.0 Å². The summed E-state index contributed by atoms with van der Waals surface area (Å²) in [6.07, 6.45) is 2.88. The lowest BCUT2D eigenvalue weighted by Gasteiger charge is -2.31. The van der Waals surface area contributed by atoms with Crippen molar-refractivity contribution in [1.82, 2.24) is 9.88 Å². The molecule has 0 bridgehead atoms. The molecule has 3 rings (SSSR count). The number of pyridine rings is 1. The third kappa shape index (κ3) is 3.64. The Labute approximate surface area is 140 Å². The maximum absolute atomic E-state index is 12.5. The summed E-state index contributed by atoms with van der Waals surface area (Å²) >= 11 is 0. The van der Waals surface area contributed by atoms with Crippen LogP contribution in [-0.2, 0) is 9.53 Å². The van der Waals surface area contributed by atoms with Gasteiger partial charge in [-0.05, 0) is 31.9 Å². The molecule has 126 valence electrons. The summed E-state index contributed by atoms with van der Waals surface area (Å²) in [4.78, 5) is 30.3. The molecule has 1 fully saturated rings. The minimum atomic E-state index is -0.345. The number of amides is 2. The van der Waals surface area contributed by atoms with Crippen LogP contribution in [0.2, 0.25) is 0 Å². The predicted octanol–water partition coefficient (Wildman–Crippen LogP) is 3.04. The molecule has 24 heavy (non-hydrogen) atoms. The van der Waals surface area contributed by atoms with E-state index in [0.29, 0.717) is 25.4 Å². The van der Waals surface area contributed by atoms with E-state index in [-0.39, 0.29) is 17.9 Å². The van der Waals surface area contributed by atoms with Crippen LogP contribution in [-0.4, -0.2) is 41.6 Å². The fraction of sp³-hybridized carbons (Fsp3) is 0.389. The lowest BCUT2D eigenvalue weighted by Crippen LogP contribution is -2.44. The Morgan fingerprint density at radius 1 is 1.38 bits per heavy atom. The molecule has 2 heterocycles. The SMILES string of the molecule is CCOC(=O)N1CCCC(C(=O)Nc2cnc3ccccc3c2)C1. The van der Waals surface area contributed by atoms with E-state index in [4.69, 9.17) is 4.74 Å². The summed E-state index contributed by atoms with van der Waals surface area (Å²) in [7, 11) is 0. The summed E-state index contributed by atoms with van der Waals surface area (Å²) in [6.45, 7) is 3.15. The lowest BCUT2D eigenvalue weighted by atomic mass is 9.97. The highest BCUT2D eigenvalue weighted by atomic mass is 16.6. The van der Waals surface area contributed by atoms with Gasteiger partial charge in [-0.2, -0.15) is 0 Å². The van der Waals surface area contributed by atoms with Gasteiger partial charge in [-0.1, -0.05) is 18.2 Å². The Balaban J connectivity index is 1.65. The van der Waals surface area contributed by atoms with E-state index in [9.17, 15) is 9.59 Å². The number of likely N-dealkylation sites (tertiary alicyclic amines) is 1. The second-order valence-electron chi connectivity index (χ2n) is 5.89. The first-order valence-corrected chi connectivity index (χ1v) is 8.24. The van der Waals surface area contributed by atoms with Gasteiger partial charge in [0.05, 0.1) is 29.9 Å². The Morgan fingerprint density at radius 3 is 3.04 bits per heavy atom. The van der Waals surface area contributed by atoms with Gasteiger partial charge in [0.15, 0.2) is 0 Å². The highest BCUT2D eigenvalue weighted by Crippen LogP contribution is 2.21. The number of piperidine rings is 1. The molecule has 0 spiro atoms. The molecular formula is C18H21N3O3. The molecular weight excluding hydrogens is 306 g/mol. The third-order valence-electron chi connectivity index (χ3n) is 4.18. The van der Waals surface area contributed by atoms with Gasteiger partial charge >= 0.3 is 6.09 Å². The van der Waals surface area contributed by atoms with Crippen molar-refractivity contribution in [1.29, 1.82) is 0 Å². The second kappa shape index (κ2) is 7.29. The van der Waals surface area contributed by atoms with Crippen LogP contribution < -0.4 is 5.32 Å². The number of para-hydroxylation sites is 1. The predicted molar refractivity (Wildman–Crippen MR) is 91.7 cm³/mol. The number of fused-ring (bicyclic) bond motifs is 1. The molecule has 1 aliphatic rings. The van der Waals surface area contributed by atoms with Crippen molar-refractivity contribution in [3.63, 3.8) is 0 Å². The molecule has 1 aliphatic heterocycles. The van der Waals surface area contributed by atoms with Crippen LogP contribution in [0.25, 0.3) is 10.9 Å². The molecule has 0 radical (unpaired) electrons. The summed E-state index contributed by atoms with van der Waals surface area (Å²) in [5, 5.41) is 3.89. The van der Waals surface area contributed by atoms with Crippen LogP contribution in [0.5, 0.6) is 0 Å². The number of hydrogen-bond donors (Lipinski definition) is 1. The van der Waals surface area contributed by atoms with E-state index >= 15 is 0 Å². The number of nitrogens with one attached hydrogen (secondary N) is 1. The van der Waals surface area contributed by atoms with Crippen LogP contribution in [0.1, 0.15) is 19.8 Å². The number of benzene rings is 1. The summed E-state index contributed by atoms with van der Waals surface area (Å²) < 4.78 is 5.02. The number of anilines is 1. The number of carbonyl (C=O) groups excluding carboxylic acids is 2. The van der Waals surface area contributed by atoms with Crippen molar-refractivity contribution >= 4 is 28.6 Å². The normalized spacial score (nSPS) is 17.5. The molecule has 1 aromatic heterocycles. The first-order valence-electron chi connectivity index (χ1n) is 8.24. The van der Waals surface area contributed by atoms with Gasteiger partial charge in [0.2, 0.25) is 5.91 Å². The van der Waals surface area contributed by atoms with Crippen LogP contribution >= 0.6 is 0 Å². The quantitative estimate of drug-likeness (QED) is 0.940. The summed E-state index contributed by atoms with van der Waals surface area (Å²) in [5.74, 6) is -0.310. The average Bonchev–Trinajstić information content (AvgIpc) is 2.62. The van der Waals surface area contributed by atoms with E-state index in [2.05, 4.69) is 10.3 Å². The Kier molecular flexibility index (Phi) is 4.93. The Bertz CT molecular complexity index is 747. The number of aromatic nitrogens is 1. The van der Waals surface area contributed by atoms with Crippen molar-refractivity contribution in [3.05, 3.63) is 36.5 Å². The van der Waals surface area contributed by atoms with Gasteiger partial charge < -0.3 is 15.0 Å².